The van der Waals surface area contributed by atoms with E-state index in [1.54, 1.807) is 13.0 Å². The van der Waals surface area contributed by atoms with Crippen molar-refractivity contribution in [1.29, 1.82) is 5.41 Å². The van der Waals surface area contributed by atoms with E-state index in [0.717, 1.165) is 19.4 Å². The van der Waals surface area contributed by atoms with Crippen LogP contribution >= 0.6 is 0 Å². The third kappa shape index (κ3) is 8.33. The van der Waals surface area contributed by atoms with Crippen LogP contribution in [-0.2, 0) is 4.79 Å². The number of nitrogen functional groups attached to an aromatic ring is 2. The number of anilines is 2. The van der Waals surface area contributed by atoms with Crippen molar-refractivity contribution in [3.8, 4) is 0 Å². The summed E-state index contributed by atoms with van der Waals surface area (Å²) in [7, 11) is 0. The fourth-order valence-electron chi connectivity index (χ4n) is 2.28. The van der Waals surface area contributed by atoms with E-state index in [9.17, 15) is 4.79 Å². The first-order valence-corrected chi connectivity index (χ1v) is 8.87. The highest BCUT2D eigenvalue weighted by Crippen LogP contribution is 2.16. The number of hydrogen-bond acceptors (Lipinski definition) is 5. The van der Waals surface area contributed by atoms with E-state index in [0.29, 0.717) is 28.8 Å². The standard InChI is InChI=1S/C8H13NO.C7H10N4.2C2H6/c1-3-8(10)9-6-4-5-7(9)2;1-4(8)6-5(9)2-3-11-7(6)10;2*1-2/h3,7H,1,4-6H2,2H3;2-3,8H,1H3,(H4,9,10,11);2*1-2H3. The Morgan fingerprint density at radius 3 is 2.24 bits per heavy atom. The number of carbonyl (C=O) groups is 1. The van der Waals surface area contributed by atoms with Crippen LogP contribution in [0.3, 0.4) is 0 Å². The molecule has 1 amide bonds. The molecule has 1 atom stereocenters. The Morgan fingerprint density at radius 2 is 1.92 bits per heavy atom. The summed E-state index contributed by atoms with van der Waals surface area (Å²) in [5, 5.41) is 7.32. The second-order valence-corrected chi connectivity index (χ2v) is 5.01. The van der Waals surface area contributed by atoms with Gasteiger partial charge in [-0.3, -0.25) is 4.79 Å². The lowest BCUT2D eigenvalue weighted by atomic mass is 10.1. The summed E-state index contributed by atoms with van der Waals surface area (Å²) in [5.41, 5.74) is 12.4. The largest absolute Gasteiger partial charge is 0.398 e. The van der Waals surface area contributed by atoms with Crippen molar-refractivity contribution in [2.45, 2.75) is 60.4 Å². The van der Waals surface area contributed by atoms with Crippen LogP contribution in [0.2, 0.25) is 0 Å². The highest BCUT2D eigenvalue weighted by molar-refractivity contribution is 6.04. The highest BCUT2D eigenvalue weighted by Gasteiger charge is 2.22. The minimum Gasteiger partial charge on any atom is -0.398 e. The van der Waals surface area contributed by atoms with Crippen LogP contribution in [0.4, 0.5) is 11.5 Å². The van der Waals surface area contributed by atoms with Crippen LogP contribution < -0.4 is 11.5 Å². The summed E-state index contributed by atoms with van der Waals surface area (Å²) >= 11 is 0. The predicted molar refractivity (Wildman–Crippen MR) is 109 cm³/mol. The summed E-state index contributed by atoms with van der Waals surface area (Å²) < 4.78 is 0. The zero-order chi connectivity index (χ0) is 20.0. The molecule has 0 aromatic carbocycles. The molecule has 6 nitrogen and oxygen atoms in total. The van der Waals surface area contributed by atoms with Gasteiger partial charge in [-0.1, -0.05) is 34.3 Å². The normalized spacial score (nSPS) is 14.6. The lowest BCUT2D eigenvalue weighted by molar-refractivity contribution is -0.126. The Kier molecular flexibility index (Phi) is 13.9. The Balaban J connectivity index is 0. The third-order valence-electron chi connectivity index (χ3n) is 3.40. The second kappa shape index (κ2) is 14.0. The molecule has 0 radical (unpaired) electrons. The minimum absolute atomic E-state index is 0.0741. The molecule has 1 aliphatic heterocycles. The molecule has 1 aromatic rings. The molecule has 1 aliphatic rings. The van der Waals surface area contributed by atoms with Crippen LogP contribution in [-0.4, -0.2) is 34.1 Å². The zero-order valence-corrected chi connectivity index (χ0v) is 16.6. The van der Waals surface area contributed by atoms with Gasteiger partial charge in [-0.05, 0) is 38.8 Å². The number of aromatic nitrogens is 1. The minimum atomic E-state index is 0.0741. The maximum atomic E-state index is 11.0. The molecular formula is C19H35N5O. The number of rotatable bonds is 2. The van der Waals surface area contributed by atoms with E-state index in [1.165, 1.54) is 12.3 Å². The number of nitrogens with one attached hydrogen (secondary N) is 1. The van der Waals surface area contributed by atoms with Crippen LogP contribution in [0.1, 0.15) is 59.9 Å². The van der Waals surface area contributed by atoms with Gasteiger partial charge in [-0.25, -0.2) is 4.98 Å². The van der Waals surface area contributed by atoms with Crippen molar-refractivity contribution in [3.63, 3.8) is 0 Å². The fraction of sp³-hybridized carbons (Fsp3) is 0.526. The first-order valence-electron chi connectivity index (χ1n) is 8.87. The van der Waals surface area contributed by atoms with Gasteiger partial charge in [0.15, 0.2) is 0 Å². The molecule has 1 unspecified atom stereocenters. The van der Waals surface area contributed by atoms with Crippen LogP contribution in [0.25, 0.3) is 0 Å². The maximum Gasteiger partial charge on any atom is 0.246 e. The Hall–Kier alpha value is -2.37. The lowest BCUT2D eigenvalue weighted by Crippen LogP contribution is -2.31. The van der Waals surface area contributed by atoms with Crippen molar-refractivity contribution >= 4 is 23.1 Å². The van der Waals surface area contributed by atoms with E-state index < -0.39 is 0 Å². The molecule has 1 saturated heterocycles. The van der Waals surface area contributed by atoms with Crippen LogP contribution in [0, 0.1) is 5.41 Å². The zero-order valence-electron chi connectivity index (χ0n) is 16.6. The number of hydrogen-bond donors (Lipinski definition) is 3. The van der Waals surface area contributed by atoms with Gasteiger partial charge in [0, 0.05) is 30.2 Å². The molecule has 1 aromatic heterocycles. The first kappa shape index (κ1) is 24.9. The number of nitrogens with zero attached hydrogens (tertiary/aromatic N) is 2. The van der Waals surface area contributed by atoms with Gasteiger partial charge < -0.3 is 21.8 Å². The van der Waals surface area contributed by atoms with E-state index >= 15 is 0 Å². The molecule has 6 heteroatoms. The highest BCUT2D eigenvalue weighted by atomic mass is 16.2. The Morgan fingerprint density at radius 1 is 1.36 bits per heavy atom. The summed E-state index contributed by atoms with van der Waals surface area (Å²) in [6.45, 7) is 16.1. The monoisotopic (exact) mass is 349 g/mol. The van der Waals surface area contributed by atoms with Gasteiger partial charge in [-0.15, -0.1) is 0 Å². The van der Waals surface area contributed by atoms with Gasteiger partial charge in [-0.2, -0.15) is 0 Å². The Bertz CT molecular complexity index is 522. The van der Waals surface area contributed by atoms with Crippen molar-refractivity contribution in [2.24, 2.45) is 0 Å². The molecule has 0 bridgehead atoms. The number of carbonyl (C=O) groups excluding carboxylic acids is 1. The molecule has 2 rings (SSSR count). The second-order valence-electron chi connectivity index (χ2n) is 5.01. The Labute approximate surface area is 152 Å². The van der Waals surface area contributed by atoms with Gasteiger partial charge in [0.2, 0.25) is 5.91 Å². The van der Waals surface area contributed by atoms with E-state index in [1.807, 2.05) is 32.6 Å². The molecule has 142 valence electrons. The summed E-state index contributed by atoms with van der Waals surface area (Å²) in [6.07, 6.45) is 5.19. The average molecular weight is 350 g/mol. The predicted octanol–water partition coefficient (Wildman–Crippen LogP) is 3.87. The molecule has 25 heavy (non-hydrogen) atoms. The van der Waals surface area contributed by atoms with Gasteiger partial charge >= 0.3 is 0 Å². The quantitative estimate of drug-likeness (QED) is 0.556. The summed E-state index contributed by atoms with van der Waals surface area (Å²) in [6, 6.07) is 2.05. The number of amides is 1. The number of likely N-dealkylation sites (tertiary alicyclic amines) is 1. The van der Waals surface area contributed by atoms with Crippen molar-refractivity contribution in [3.05, 3.63) is 30.5 Å². The average Bonchev–Trinajstić information content (AvgIpc) is 3.04. The van der Waals surface area contributed by atoms with Crippen LogP contribution in [0.5, 0.6) is 0 Å². The maximum absolute atomic E-state index is 11.0. The molecule has 5 N–H and O–H groups in total. The van der Waals surface area contributed by atoms with E-state index in [-0.39, 0.29) is 5.91 Å². The van der Waals surface area contributed by atoms with Crippen molar-refractivity contribution in [1.82, 2.24) is 9.88 Å². The van der Waals surface area contributed by atoms with Gasteiger partial charge in [0.05, 0.1) is 5.56 Å². The molecular weight excluding hydrogens is 314 g/mol. The lowest BCUT2D eigenvalue weighted by Gasteiger charge is -2.18. The topological polar surface area (TPSA) is 109 Å². The fourth-order valence-corrected chi connectivity index (χ4v) is 2.28. The van der Waals surface area contributed by atoms with Crippen LogP contribution in [0.15, 0.2) is 24.9 Å². The molecule has 0 aliphatic carbocycles. The molecule has 0 saturated carbocycles. The SMILES string of the molecule is C=CC(=O)N1CCCC1C.CC.CC.CC(=N)c1c(N)ccnc1N. The molecule has 2 heterocycles. The third-order valence-corrected chi connectivity index (χ3v) is 3.40. The van der Waals surface area contributed by atoms with Crippen molar-refractivity contribution < 1.29 is 4.79 Å². The van der Waals surface area contributed by atoms with Gasteiger partial charge in [0.1, 0.15) is 5.82 Å². The summed E-state index contributed by atoms with van der Waals surface area (Å²) in [4.78, 5) is 16.7. The molecule has 0 spiro atoms. The smallest absolute Gasteiger partial charge is 0.246 e. The van der Waals surface area contributed by atoms with E-state index in [2.05, 4.69) is 18.5 Å². The van der Waals surface area contributed by atoms with E-state index in [4.69, 9.17) is 16.9 Å². The first-order chi connectivity index (χ1) is 11.9. The van der Waals surface area contributed by atoms with Gasteiger partial charge in [0.25, 0.3) is 0 Å². The van der Waals surface area contributed by atoms with Crippen molar-refractivity contribution in [2.75, 3.05) is 18.0 Å². The number of pyridine rings is 1. The molecule has 1 fully saturated rings. The summed E-state index contributed by atoms with van der Waals surface area (Å²) in [5.74, 6) is 0.391. The number of nitrogens with two attached hydrogens (primary N) is 2.